The SMILES string of the molecule is CCOc1ccc([C@H]2[C@H](C(=O)N3CCN(c4ccccc4F)CC3)c3ccccc3C(=O)N2CCN2CCOCC2)cc1. The van der Waals surface area contributed by atoms with Crippen LogP contribution in [0.2, 0.25) is 0 Å². The Bertz CT molecular complexity index is 1420. The van der Waals surface area contributed by atoms with E-state index in [0.717, 1.165) is 30.0 Å². The van der Waals surface area contributed by atoms with E-state index >= 15 is 0 Å². The molecule has 0 bridgehead atoms. The van der Waals surface area contributed by atoms with Gasteiger partial charge in [-0.25, -0.2) is 4.39 Å². The normalized spacial score (nSPS) is 21.1. The summed E-state index contributed by atoms with van der Waals surface area (Å²) in [5, 5.41) is 0. The molecule has 2 saturated heterocycles. The number of rotatable bonds is 8. The summed E-state index contributed by atoms with van der Waals surface area (Å²) in [6.07, 6.45) is 0. The highest BCUT2D eigenvalue weighted by molar-refractivity contribution is 6.01. The van der Waals surface area contributed by atoms with Gasteiger partial charge in [-0.05, 0) is 48.4 Å². The van der Waals surface area contributed by atoms with Gasteiger partial charge in [0.15, 0.2) is 0 Å². The molecule has 2 amide bonds. The number of piperazine rings is 1. The van der Waals surface area contributed by atoms with E-state index < -0.39 is 12.0 Å². The largest absolute Gasteiger partial charge is 0.494 e. The third-order valence-corrected chi connectivity index (χ3v) is 8.78. The summed E-state index contributed by atoms with van der Waals surface area (Å²) in [4.78, 5) is 36.8. The second kappa shape index (κ2) is 13.1. The van der Waals surface area contributed by atoms with Crippen molar-refractivity contribution < 1.29 is 23.5 Å². The topological polar surface area (TPSA) is 65.6 Å². The van der Waals surface area contributed by atoms with Gasteiger partial charge in [-0.15, -0.1) is 0 Å². The fraction of sp³-hybridized carbons (Fsp3) is 0.412. The minimum absolute atomic E-state index is 0.0107. The Morgan fingerprint density at radius 2 is 1.58 bits per heavy atom. The van der Waals surface area contributed by atoms with Crippen molar-refractivity contribution in [1.29, 1.82) is 0 Å². The van der Waals surface area contributed by atoms with Crippen molar-refractivity contribution in [3.63, 3.8) is 0 Å². The lowest BCUT2D eigenvalue weighted by atomic mass is 9.78. The van der Waals surface area contributed by atoms with Crippen LogP contribution in [0.5, 0.6) is 5.75 Å². The first kappa shape index (κ1) is 29.1. The molecular formula is C34H39FN4O4. The summed E-state index contributed by atoms with van der Waals surface area (Å²) in [5.41, 5.74) is 2.80. The molecule has 0 radical (unpaired) electrons. The Morgan fingerprint density at radius 3 is 2.30 bits per heavy atom. The van der Waals surface area contributed by atoms with Crippen molar-refractivity contribution in [3.8, 4) is 5.75 Å². The number of benzene rings is 3. The third-order valence-electron chi connectivity index (χ3n) is 8.78. The minimum Gasteiger partial charge on any atom is -0.494 e. The summed E-state index contributed by atoms with van der Waals surface area (Å²) in [5.74, 6) is -0.148. The summed E-state index contributed by atoms with van der Waals surface area (Å²) >= 11 is 0. The highest BCUT2D eigenvalue weighted by atomic mass is 19.1. The van der Waals surface area contributed by atoms with Gasteiger partial charge < -0.3 is 24.2 Å². The van der Waals surface area contributed by atoms with Crippen molar-refractivity contribution in [2.24, 2.45) is 0 Å². The molecule has 0 spiro atoms. The first-order valence-corrected chi connectivity index (χ1v) is 15.3. The van der Waals surface area contributed by atoms with Gasteiger partial charge >= 0.3 is 0 Å². The van der Waals surface area contributed by atoms with Gasteiger partial charge in [0.2, 0.25) is 5.91 Å². The van der Waals surface area contributed by atoms with E-state index in [1.54, 1.807) is 12.1 Å². The molecule has 0 aromatic heterocycles. The van der Waals surface area contributed by atoms with Crippen LogP contribution in [0.1, 0.15) is 40.4 Å². The van der Waals surface area contributed by atoms with Crippen molar-refractivity contribution >= 4 is 17.5 Å². The number of hydrogen-bond acceptors (Lipinski definition) is 6. The summed E-state index contributed by atoms with van der Waals surface area (Å²) in [7, 11) is 0. The number of hydrogen-bond donors (Lipinski definition) is 0. The van der Waals surface area contributed by atoms with Crippen LogP contribution in [0, 0.1) is 5.82 Å². The second-order valence-corrected chi connectivity index (χ2v) is 11.2. The standard InChI is InChI=1S/C34H39FN4O4/c1-2-43-26-13-11-25(12-14-26)32-31(34(41)38-18-16-37(17-19-38)30-10-6-5-9-29(30)35)27-7-3-4-8-28(27)33(40)39(32)20-15-36-21-23-42-24-22-36/h3-14,31-32H,2,15-24H2,1H3/t31-,32+/m1/s1. The van der Waals surface area contributed by atoms with E-state index in [0.29, 0.717) is 70.3 Å². The Balaban J connectivity index is 1.32. The molecule has 3 heterocycles. The molecule has 43 heavy (non-hydrogen) atoms. The second-order valence-electron chi connectivity index (χ2n) is 11.2. The number of carbonyl (C=O) groups excluding carboxylic acids is 2. The number of morpholine rings is 1. The zero-order chi connectivity index (χ0) is 29.8. The predicted octanol–water partition coefficient (Wildman–Crippen LogP) is 4.19. The molecule has 0 unspecified atom stereocenters. The Kier molecular flexibility index (Phi) is 8.90. The van der Waals surface area contributed by atoms with Gasteiger partial charge in [0.1, 0.15) is 11.6 Å². The molecule has 3 aliphatic heterocycles. The smallest absolute Gasteiger partial charge is 0.254 e. The Morgan fingerprint density at radius 1 is 0.884 bits per heavy atom. The average molecular weight is 587 g/mol. The maximum atomic E-state index is 14.6. The Hall–Kier alpha value is -3.95. The van der Waals surface area contributed by atoms with E-state index in [2.05, 4.69) is 4.90 Å². The van der Waals surface area contributed by atoms with Crippen molar-refractivity contribution in [2.45, 2.75) is 18.9 Å². The molecule has 0 aliphatic carbocycles. The highest BCUT2D eigenvalue weighted by Crippen LogP contribution is 2.44. The number of fused-ring (bicyclic) bond motifs is 1. The van der Waals surface area contributed by atoms with E-state index in [4.69, 9.17) is 9.47 Å². The molecule has 6 rings (SSSR count). The maximum Gasteiger partial charge on any atom is 0.254 e. The van der Waals surface area contributed by atoms with Crippen LogP contribution in [-0.2, 0) is 9.53 Å². The lowest BCUT2D eigenvalue weighted by molar-refractivity contribution is -0.135. The number of anilines is 1. The van der Waals surface area contributed by atoms with Gasteiger partial charge in [-0.3, -0.25) is 14.5 Å². The maximum absolute atomic E-state index is 14.6. The van der Waals surface area contributed by atoms with E-state index in [-0.39, 0.29) is 17.6 Å². The summed E-state index contributed by atoms with van der Waals surface area (Å²) in [6.45, 7) is 8.72. The molecule has 9 heteroatoms. The molecule has 2 atom stereocenters. The zero-order valence-corrected chi connectivity index (χ0v) is 24.7. The van der Waals surface area contributed by atoms with Gasteiger partial charge in [-0.2, -0.15) is 0 Å². The van der Waals surface area contributed by atoms with Crippen LogP contribution in [0.3, 0.4) is 0 Å². The van der Waals surface area contributed by atoms with E-state index in [1.807, 2.05) is 76.2 Å². The molecular weight excluding hydrogens is 547 g/mol. The fourth-order valence-corrected chi connectivity index (χ4v) is 6.55. The van der Waals surface area contributed by atoms with E-state index in [9.17, 15) is 14.0 Å². The summed E-state index contributed by atoms with van der Waals surface area (Å²) in [6, 6.07) is 21.6. The molecule has 3 aromatic rings. The molecule has 0 N–H and O–H groups in total. The monoisotopic (exact) mass is 586 g/mol. The molecule has 3 aliphatic rings. The van der Waals surface area contributed by atoms with Crippen LogP contribution in [0.15, 0.2) is 72.8 Å². The van der Waals surface area contributed by atoms with Crippen LogP contribution in [0.4, 0.5) is 10.1 Å². The lowest BCUT2D eigenvalue weighted by Crippen LogP contribution is -2.54. The molecule has 0 saturated carbocycles. The minimum atomic E-state index is -0.573. The summed E-state index contributed by atoms with van der Waals surface area (Å²) < 4.78 is 25.7. The zero-order valence-electron chi connectivity index (χ0n) is 24.7. The van der Waals surface area contributed by atoms with Gasteiger partial charge in [0.05, 0.1) is 37.5 Å². The lowest BCUT2D eigenvalue weighted by Gasteiger charge is -2.45. The quantitative estimate of drug-likeness (QED) is 0.395. The van der Waals surface area contributed by atoms with Gasteiger partial charge in [-0.1, -0.05) is 42.5 Å². The van der Waals surface area contributed by atoms with Crippen molar-refractivity contribution in [1.82, 2.24) is 14.7 Å². The van der Waals surface area contributed by atoms with Crippen LogP contribution < -0.4 is 9.64 Å². The highest BCUT2D eigenvalue weighted by Gasteiger charge is 2.45. The molecule has 226 valence electrons. The third kappa shape index (κ3) is 6.10. The van der Waals surface area contributed by atoms with Gasteiger partial charge in [0, 0.05) is 57.9 Å². The first-order valence-electron chi connectivity index (χ1n) is 15.3. The van der Waals surface area contributed by atoms with E-state index in [1.165, 1.54) is 6.07 Å². The number of amides is 2. The Labute approximate surface area is 252 Å². The number of ether oxygens (including phenoxy) is 2. The number of carbonyl (C=O) groups is 2. The fourth-order valence-electron chi connectivity index (χ4n) is 6.55. The van der Waals surface area contributed by atoms with Crippen molar-refractivity contribution in [3.05, 3.63) is 95.3 Å². The first-order chi connectivity index (χ1) is 21.0. The number of halogens is 1. The molecule has 2 fully saturated rings. The van der Waals surface area contributed by atoms with Gasteiger partial charge in [0.25, 0.3) is 5.91 Å². The predicted molar refractivity (Wildman–Crippen MR) is 163 cm³/mol. The average Bonchev–Trinajstić information content (AvgIpc) is 3.05. The van der Waals surface area contributed by atoms with Crippen LogP contribution in [0.25, 0.3) is 0 Å². The number of para-hydroxylation sites is 1. The molecule has 8 nitrogen and oxygen atoms in total. The van der Waals surface area contributed by atoms with Crippen molar-refractivity contribution in [2.75, 3.05) is 77.1 Å². The molecule has 3 aromatic carbocycles. The van der Waals surface area contributed by atoms with Crippen LogP contribution in [-0.4, -0.2) is 98.7 Å². The number of nitrogens with zero attached hydrogens (tertiary/aromatic N) is 4. The van der Waals surface area contributed by atoms with Crippen LogP contribution >= 0.6 is 0 Å².